The molecule has 1 aliphatic heterocycles. The lowest BCUT2D eigenvalue weighted by Crippen LogP contribution is -2.45. The highest BCUT2D eigenvalue weighted by Gasteiger charge is 2.40. The highest BCUT2D eigenvalue weighted by atomic mass is 35.5. The number of carbonyl (C=O) groups is 1. The Morgan fingerprint density at radius 2 is 1.91 bits per heavy atom. The molecule has 0 spiro atoms. The molecule has 4 rings (SSSR count). The molecule has 1 fully saturated rings. The maximum absolute atomic E-state index is 12.9. The molecule has 0 unspecified atom stereocenters. The van der Waals surface area contributed by atoms with Crippen LogP contribution < -0.4 is 5.32 Å². The van der Waals surface area contributed by atoms with Gasteiger partial charge < -0.3 is 5.32 Å². The number of hydrogen-bond acceptors (Lipinski definition) is 6. The molecule has 1 amide bonds. The van der Waals surface area contributed by atoms with E-state index < -0.39 is 33.7 Å². The number of alkyl halides is 3. The highest BCUT2D eigenvalue weighted by Crippen LogP contribution is 2.34. The van der Waals surface area contributed by atoms with E-state index in [-0.39, 0.29) is 17.3 Å². The number of rotatable bonds is 6. The molecule has 1 aromatic carbocycles. The molecule has 182 valence electrons. The number of halogens is 4. The quantitative estimate of drug-likeness (QED) is 0.451. The van der Waals surface area contributed by atoms with Crippen molar-refractivity contribution in [1.29, 1.82) is 0 Å². The molecule has 3 heterocycles. The maximum atomic E-state index is 12.9. The minimum absolute atomic E-state index is 0.0835. The first-order valence-corrected chi connectivity index (χ1v) is 13.6. The molecule has 1 atom stereocenters. The Labute approximate surface area is 207 Å². The Bertz CT molecular complexity index is 1300. The van der Waals surface area contributed by atoms with E-state index in [4.69, 9.17) is 11.6 Å². The summed E-state index contributed by atoms with van der Waals surface area (Å²) >= 11 is 8.14. The van der Waals surface area contributed by atoms with Gasteiger partial charge >= 0.3 is 6.18 Å². The van der Waals surface area contributed by atoms with E-state index in [0.717, 1.165) is 28.3 Å². The van der Waals surface area contributed by atoms with Gasteiger partial charge in [-0.15, -0.1) is 22.7 Å². The van der Waals surface area contributed by atoms with Crippen LogP contribution in [0.25, 0.3) is 11.3 Å². The van der Waals surface area contributed by atoms with Gasteiger partial charge in [-0.2, -0.15) is 17.5 Å². The van der Waals surface area contributed by atoms with Crippen LogP contribution in [-0.4, -0.2) is 36.2 Å². The van der Waals surface area contributed by atoms with Gasteiger partial charge in [0.25, 0.3) is 10.0 Å². The third kappa shape index (κ3) is 5.15. The molecule has 2 aromatic heterocycles. The summed E-state index contributed by atoms with van der Waals surface area (Å²) in [6.45, 7) is 2.12. The third-order valence-corrected chi connectivity index (χ3v) is 9.94. The Kier molecular flexibility index (Phi) is 7.07. The van der Waals surface area contributed by atoms with Gasteiger partial charge in [-0.05, 0) is 44.0 Å². The number of nitrogens with zero attached hydrogens (tertiary/aromatic N) is 2. The summed E-state index contributed by atoms with van der Waals surface area (Å²) in [4.78, 5) is 18.1. The predicted molar refractivity (Wildman–Crippen MR) is 125 cm³/mol. The molecular weight excluding hydrogens is 531 g/mol. The second-order valence-electron chi connectivity index (χ2n) is 7.64. The van der Waals surface area contributed by atoms with Crippen LogP contribution >= 0.6 is 34.3 Å². The fourth-order valence-corrected chi connectivity index (χ4v) is 7.90. The number of aromatic nitrogens is 1. The van der Waals surface area contributed by atoms with Crippen molar-refractivity contribution in [1.82, 2.24) is 14.6 Å². The normalized spacial score (nSPS) is 17.3. The van der Waals surface area contributed by atoms with Gasteiger partial charge in [0.1, 0.15) is 15.3 Å². The molecule has 34 heavy (non-hydrogen) atoms. The Morgan fingerprint density at radius 1 is 1.21 bits per heavy atom. The van der Waals surface area contributed by atoms with Crippen LogP contribution in [0.15, 0.2) is 40.6 Å². The first-order valence-electron chi connectivity index (χ1n) is 10.2. The lowest BCUT2D eigenvalue weighted by Gasteiger charge is -2.22. The average Bonchev–Trinajstić information content (AvgIpc) is 3.51. The van der Waals surface area contributed by atoms with Crippen molar-refractivity contribution >= 4 is 50.2 Å². The Morgan fingerprint density at radius 3 is 2.53 bits per heavy atom. The molecule has 1 N–H and O–H groups in total. The smallest absolute Gasteiger partial charge is 0.348 e. The van der Waals surface area contributed by atoms with Gasteiger partial charge in [0.05, 0.1) is 22.1 Å². The number of benzene rings is 1. The summed E-state index contributed by atoms with van der Waals surface area (Å²) in [5.74, 6) is -0.423. The topological polar surface area (TPSA) is 79.4 Å². The van der Waals surface area contributed by atoms with E-state index in [1.165, 1.54) is 39.9 Å². The molecule has 0 aliphatic carbocycles. The zero-order chi connectivity index (χ0) is 24.7. The molecule has 6 nitrogen and oxygen atoms in total. The summed E-state index contributed by atoms with van der Waals surface area (Å²) in [6.07, 6.45) is -3.45. The summed E-state index contributed by atoms with van der Waals surface area (Å²) in [6, 6.07) is 6.84. The van der Waals surface area contributed by atoms with E-state index >= 15 is 0 Å². The van der Waals surface area contributed by atoms with Crippen molar-refractivity contribution < 1.29 is 26.4 Å². The highest BCUT2D eigenvalue weighted by molar-refractivity contribution is 7.91. The Balaban J connectivity index is 1.44. The first-order chi connectivity index (χ1) is 16.0. The van der Waals surface area contributed by atoms with Crippen molar-refractivity contribution in [2.75, 3.05) is 6.54 Å². The number of aryl methyl sites for hydroxylation is 1. The molecule has 0 bridgehead atoms. The minimum Gasteiger partial charge on any atom is -0.348 e. The molecule has 13 heteroatoms. The SMILES string of the molecule is Cc1sc(CNC(=O)[C@@H]2CCCN2S(=O)(=O)c2ccc(Cl)s2)nc1-c1ccc(C(F)(F)F)cc1. The third-order valence-electron chi connectivity index (χ3n) is 5.36. The van der Waals surface area contributed by atoms with Crippen molar-refractivity contribution in [2.45, 2.75) is 42.7 Å². The minimum atomic E-state index is -4.41. The van der Waals surface area contributed by atoms with E-state index in [1.54, 1.807) is 6.92 Å². The summed E-state index contributed by atoms with van der Waals surface area (Å²) in [5, 5.41) is 3.32. The fourth-order valence-electron chi connectivity index (χ4n) is 3.73. The summed E-state index contributed by atoms with van der Waals surface area (Å²) in [7, 11) is -3.83. The van der Waals surface area contributed by atoms with Crippen molar-refractivity contribution in [2.24, 2.45) is 0 Å². The van der Waals surface area contributed by atoms with Crippen LogP contribution in [0.1, 0.15) is 28.3 Å². The predicted octanol–water partition coefficient (Wildman–Crippen LogP) is 5.32. The van der Waals surface area contributed by atoms with Crippen LogP contribution in [-0.2, 0) is 27.5 Å². The van der Waals surface area contributed by atoms with Crippen molar-refractivity contribution in [3.63, 3.8) is 0 Å². The first kappa shape index (κ1) is 25.1. The van der Waals surface area contributed by atoms with Crippen LogP contribution in [0, 0.1) is 6.92 Å². The molecule has 1 aliphatic rings. The number of nitrogens with one attached hydrogen (secondary N) is 1. The zero-order valence-corrected chi connectivity index (χ0v) is 20.9. The lowest BCUT2D eigenvalue weighted by molar-refractivity contribution is -0.137. The zero-order valence-electron chi connectivity index (χ0n) is 17.7. The van der Waals surface area contributed by atoms with Gasteiger partial charge in [-0.1, -0.05) is 23.7 Å². The van der Waals surface area contributed by atoms with E-state index in [9.17, 15) is 26.4 Å². The van der Waals surface area contributed by atoms with Gasteiger partial charge in [0.15, 0.2) is 0 Å². The maximum Gasteiger partial charge on any atom is 0.416 e. The van der Waals surface area contributed by atoms with Gasteiger partial charge in [-0.25, -0.2) is 13.4 Å². The van der Waals surface area contributed by atoms with Crippen molar-refractivity contribution in [3.05, 3.63) is 56.2 Å². The summed E-state index contributed by atoms with van der Waals surface area (Å²) < 4.78 is 66.0. The Hall–Kier alpha value is -1.99. The van der Waals surface area contributed by atoms with Crippen molar-refractivity contribution in [3.8, 4) is 11.3 Å². The monoisotopic (exact) mass is 549 g/mol. The average molecular weight is 550 g/mol. The standard InChI is InChI=1S/C21H19ClF3N3O3S3/c1-12-19(13-4-6-14(7-5-13)21(23,24)25)27-17(32-12)11-26-20(29)15-3-2-10-28(15)34(30,31)18-9-8-16(22)33-18/h4-9,15H,2-3,10-11H2,1H3,(H,26,29)/t15-/m0/s1. The van der Waals surface area contributed by atoms with Crippen LogP contribution in [0.4, 0.5) is 13.2 Å². The second-order valence-corrected chi connectivity index (χ2v) is 12.8. The van der Waals surface area contributed by atoms with Crippen LogP contribution in [0.5, 0.6) is 0 Å². The van der Waals surface area contributed by atoms with E-state index in [1.807, 2.05) is 0 Å². The number of amides is 1. The molecular formula is C21H19ClF3N3O3S3. The van der Waals surface area contributed by atoms with Gasteiger partial charge in [-0.3, -0.25) is 4.79 Å². The van der Waals surface area contributed by atoms with Crippen LogP contribution in [0.2, 0.25) is 4.34 Å². The van der Waals surface area contributed by atoms with Gasteiger partial charge in [0.2, 0.25) is 5.91 Å². The van der Waals surface area contributed by atoms with Gasteiger partial charge in [0, 0.05) is 17.0 Å². The number of hydrogen-bond donors (Lipinski definition) is 1. The number of carbonyl (C=O) groups excluding carboxylic acids is 1. The fraction of sp³-hybridized carbons (Fsp3) is 0.333. The summed E-state index contributed by atoms with van der Waals surface area (Å²) in [5.41, 5.74) is 0.349. The number of thiophene rings is 1. The number of sulfonamides is 1. The molecule has 0 saturated carbocycles. The van der Waals surface area contributed by atoms with Crippen LogP contribution in [0.3, 0.4) is 0 Å². The molecule has 1 saturated heterocycles. The lowest BCUT2D eigenvalue weighted by atomic mass is 10.1. The largest absolute Gasteiger partial charge is 0.416 e. The second kappa shape index (κ2) is 9.57. The van der Waals surface area contributed by atoms with E-state index in [2.05, 4.69) is 10.3 Å². The molecule has 3 aromatic rings. The van der Waals surface area contributed by atoms with E-state index in [0.29, 0.717) is 33.4 Å². The molecule has 0 radical (unpaired) electrons. The number of thiazole rings is 1.